The van der Waals surface area contributed by atoms with Crippen LogP contribution in [0.5, 0.6) is 0 Å². The highest BCUT2D eigenvalue weighted by molar-refractivity contribution is 6.62. The van der Waals surface area contributed by atoms with Crippen LogP contribution in [0.3, 0.4) is 0 Å². The predicted molar refractivity (Wildman–Crippen MR) is 106 cm³/mol. The van der Waals surface area contributed by atoms with Crippen molar-refractivity contribution in [2.45, 2.75) is 72.3 Å². The van der Waals surface area contributed by atoms with E-state index in [0.29, 0.717) is 31.1 Å². The average molecular weight is 377 g/mol. The Balaban J connectivity index is 4.57. The van der Waals surface area contributed by atoms with Crippen molar-refractivity contribution in [3.8, 4) is 0 Å². The second-order valence-electron chi connectivity index (χ2n) is 6.77. The monoisotopic (exact) mass is 376 g/mol. The molecule has 0 aromatic rings. The summed E-state index contributed by atoms with van der Waals surface area (Å²) in [4.78, 5) is 6.11. The van der Waals surface area contributed by atoms with Gasteiger partial charge in [0.05, 0.1) is 5.54 Å². The van der Waals surface area contributed by atoms with E-state index in [1.807, 2.05) is 34.9 Å². The molecule has 0 aliphatic carbocycles. The van der Waals surface area contributed by atoms with E-state index in [9.17, 15) is 0 Å². The molecule has 0 saturated carbocycles. The largest absolute Gasteiger partial charge is 0.506 e. The summed E-state index contributed by atoms with van der Waals surface area (Å²) in [6.45, 7) is 12.6. The van der Waals surface area contributed by atoms with E-state index < -0.39 is 8.80 Å². The highest BCUT2D eigenvalue weighted by Crippen LogP contribution is 2.27. The Kier molecular flexibility index (Phi) is 13.8. The fraction of sp³-hybridized carbons (Fsp3) is 0.895. The summed E-state index contributed by atoms with van der Waals surface area (Å²) in [7, 11) is 1.37. The number of hydrogen-bond acceptors (Lipinski definition) is 4. The summed E-state index contributed by atoms with van der Waals surface area (Å²) in [6.07, 6.45) is 10.6. The van der Waals surface area contributed by atoms with Crippen molar-refractivity contribution in [2.24, 2.45) is 0 Å². The molecule has 1 unspecified atom stereocenters. The average Bonchev–Trinajstić information content (AvgIpc) is 2.56. The number of unbranched alkanes of at least 4 members (excludes halogenated alkanes) is 4. The van der Waals surface area contributed by atoms with Gasteiger partial charge < -0.3 is 13.3 Å². The normalized spacial score (nSPS) is 14.4. The van der Waals surface area contributed by atoms with Crippen molar-refractivity contribution >= 4 is 8.80 Å². The molecule has 6 heteroatoms. The van der Waals surface area contributed by atoms with E-state index in [0.717, 1.165) is 6.42 Å². The first kappa shape index (κ1) is 24.8. The molecule has 0 aromatic heterocycles. The van der Waals surface area contributed by atoms with Gasteiger partial charge in [0, 0.05) is 19.8 Å². The molecule has 0 N–H and O–H groups in total. The summed E-state index contributed by atoms with van der Waals surface area (Å²) in [5.41, 5.74) is 0.0858. The van der Waals surface area contributed by atoms with Crippen LogP contribution in [0.2, 0.25) is 5.54 Å². The molecular weight excluding hydrogens is 334 g/mol. The minimum Gasteiger partial charge on any atom is -0.374 e. The second-order valence-corrected chi connectivity index (χ2v) is 9.83. The minimum absolute atomic E-state index is 0.0858. The molecule has 0 spiro atoms. The third-order valence-corrected chi connectivity index (χ3v) is 7.43. The fourth-order valence-corrected chi connectivity index (χ4v) is 5.21. The van der Waals surface area contributed by atoms with Crippen LogP contribution in [-0.4, -0.2) is 54.0 Å². The molecule has 150 valence electrons. The minimum atomic E-state index is -2.71. The zero-order valence-corrected chi connectivity index (χ0v) is 18.7. The fourth-order valence-electron chi connectivity index (χ4n) is 2.62. The zero-order chi connectivity index (χ0) is 19.2. The Hall–Kier alpha value is -0.243. The third-order valence-electron chi connectivity index (χ3n) is 3.99. The van der Waals surface area contributed by atoms with Gasteiger partial charge in [0.2, 0.25) is 0 Å². The molecule has 0 radical (unpaired) electrons. The summed E-state index contributed by atoms with van der Waals surface area (Å²) >= 11 is 0. The first-order chi connectivity index (χ1) is 11.9. The molecule has 0 saturated heterocycles. The van der Waals surface area contributed by atoms with Gasteiger partial charge in [-0.2, -0.15) is 9.48 Å². The lowest BCUT2D eigenvalue weighted by Gasteiger charge is -2.34. The lowest BCUT2D eigenvalue weighted by molar-refractivity contribution is -1.04. The number of rotatable bonds is 16. The van der Waals surface area contributed by atoms with Crippen molar-refractivity contribution in [3.63, 3.8) is 0 Å². The molecule has 0 rings (SSSR count). The maximum absolute atomic E-state index is 6.11. The molecule has 0 aromatic carbocycles. The summed E-state index contributed by atoms with van der Waals surface area (Å²) in [5, 5.41) is 0. The predicted octanol–water partition coefficient (Wildman–Crippen LogP) is 4.92. The summed E-state index contributed by atoms with van der Waals surface area (Å²) in [5.74, 6) is 0. The van der Waals surface area contributed by atoms with E-state index in [2.05, 4.69) is 26.1 Å². The Labute approximate surface area is 157 Å². The number of hydrogen-bond donors (Lipinski definition) is 0. The first-order valence-electron chi connectivity index (χ1n) is 9.95. The third kappa shape index (κ3) is 10.5. The van der Waals surface area contributed by atoms with Gasteiger partial charge in [-0.15, -0.1) is 0 Å². The van der Waals surface area contributed by atoms with Crippen LogP contribution >= 0.6 is 0 Å². The van der Waals surface area contributed by atoms with Crippen LogP contribution in [0.25, 0.3) is 0 Å². The number of allylic oxidation sites excluding steroid dienone is 1. The van der Waals surface area contributed by atoms with Gasteiger partial charge in [-0.1, -0.05) is 33.1 Å². The number of hydroxylamine groups is 3. The summed E-state index contributed by atoms with van der Waals surface area (Å²) < 4.78 is 18.3. The van der Waals surface area contributed by atoms with Crippen LogP contribution in [0.1, 0.15) is 66.7 Å². The lowest BCUT2D eigenvalue weighted by Crippen LogP contribution is -2.51. The van der Waals surface area contributed by atoms with E-state index in [-0.39, 0.29) is 5.54 Å². The van der Waals surface area contributed by atoms with Crippen molar-refractivity contribution in [1.82, 2.24) is 0 Å². The maximum Gasteiger partial charge on any atom is 0.506 e. The quantitative estimate of drug-likeness (QED) is 0.166. The molecule has 0 aliphatic heterocycles. The van der Waals surface area contributed by atoms with Crippen molar-refractivity contribution in [2.75, 3.05) is 40.5 Å². The number of quaternary nitrogens is 1. The van der Waals surface area contributed by atoms with E-state index in [4.69, 9.17) is 18.1 Å². The van der Waals surface area contributed by atoms with Crippen LogP contribution < -0.4 is 0 Å². The van der Waals surface area contributed by atoms with Crippen LogP contribution in [0.15, 0.2) is 12.3 Å². The van der Waals surface area contributed by atoms with Gasteiger partial charge in [-0.25, -0.2) is 0 Å². The Morgan fingerprint density at radius 1 is 0.880 bits per heavy atom. The SMILES string of the molecule is CCCCCCC=C[N+](C)(C)OCC(C)[Si](OCC)(OCC)OCC. The molecule has 5 nitrogen and oxygen atoms in total. The lowest BCUT2D eigenvalue weighted by atomic mass is 10.1. The molecule has 0 amide bonds. The van der Waals surface area contributed by atoms with E-state index in [1.54, 1.807) is 0 Å². The van der Waals surface area contributed by atoms with Crippen molar-refractivity contribution < 1.29 is 22.8 Å². The molecule has 0 fully saturated rings. The standard InChI is InChI=1S/C19H42NO4Si/c1-8-12-13-14-15-16-17-20(6,7)21-18-19(5)25(22-9-2,23-10-3)24-11-4/h16-17,19H,8-15,18H2,1-7H3/q+1. The second kappa shape index (κ2) is 13.9. The Bertz CT molecular complexity index is 333. The summed E-state index contributed by atoms with van der Waals surface area (Å²) in [6, 6.07) is 0. The van der Waals surface area contributed by atoms with E-state index >= 15 is 0 Å². The molecule has 1 atom stereocenters. The number of nitrogens with zero attached hydrogens (tertiary/aromatic N) is 1. The topological polar surface area (TPSA) is 36.9 Å². The Morgan fingerprint density at radius 2 is 1.44 bits per heavy atom. The van der Waals surface area contributed by atoms with E-state index in [1.165, 1.54) is 25.7 Å². The van der Waals surface area contributed by atoms with Crippen LogP contribution in [0, 0.1) is 0 Å². The zero-order valence-electron chi connectivity index (χ0n) is 17.7. The van der Waals surface area contributed by atoms with Crippen LogP contribution in [0.4, 0.5) is 0 Å². The molecule has 0 aliphatic rings. The van der Waals surface area contributed by atoms with Gasteiger partial charge in [-0.05, 0) is 39.7 Å². The maximum atomic E-state index is 6.11. The van der Waals surface area contributed by atoms with Gasteiger partial charge in [0.25, 0.3) is 0 Å². The molecule has 0 heterocycles. The van der Waals surface area contributed by atoms with Gasteiger partial charge in [0.15, 0.2) is 0 Å². The van der Waals surface area contributed by atoms with Gasteiger partial charge in [-0.3, -0.25) is 0 Å². The smallest absolute Gasteiger partial charge is 0.374 e. The molecular formula is C19H42NO4Si+. The first-order valence-corrected chi connectivity index (χ1v) is 11.7. The van der Waals surface area contributed by atoms with Crippen molar-refractivity contribution in [1.29, 1.82) is 0 Å². The molecule has 0 bridgehead atoms. The highest BCUT2D eigenvalue weighted by atomic mass is 28.4. The van der Waals surface area contributed by atoms with Crippen molar-refractivity contribution in [3.05, 3.63) is 12.3 Å². The van der Waals surface area contributed by atoms with Gasteiger partial charge >= 0.3 is 8.80 Å². The van der Waals surface area contributed by atoms with Gasteiger partial charge in [0.1, 0.15) is 26.9 Å². The van der Waals surface area contributed by atoms with Crippen LogP contribution in [-0.2, 0) is 18.1 Å². The Morgan fingerprint density at radius 3 is 1.92 bits per heavy atom. The highest BCUT2D eigenvalue weighted by Gasteiger charge is 2.47. The molecule has 25 heavy (non-hydrogen) atoms.